The monoisotopic (exact) mass is 394 g/mol. The van der Waals surface area contributed by atoms with E-state index in [1.807, 2.05) is 24.6 Å². The zero-order valence-corrected chi connectivity index (χ0v) is 17.9. The van der Waals surface area contributed by atoms with Gasteiger partial charge in [-0.15, -0.1) is 0 Å². The Morgan fingerprint density at radius 2 is 1.97 bits per heavy atom. The third kappa shape index (κ3) is 4.55. The first kappa shape index (κ1) is 20.1. The number of carbonyl (C=O) groups excluding carboxylic acids is 1. The molecule has 0 N–H and O–H groups in total. The number of amides is 1. The first-order valence-electron chi connectivity index (χ1n) is 11.2. The Kier molecular flexibility index (Phi) is 6.04. The van der Waals surface area contributed by atoms with Gasteiger partial charge in [0.15, 0.2) is 0 Å². The average molecular weight is 395 g/mol. The molecule has 2 aliphatic rings. The van der Waals surface area contributed by atoms with Gasteiger partial charge in [-0.2, -0.15) is 5.10 Å². The maximum atomic E-state index is 13.1. The predicted molar refractivity (Wildman–Crippen MR) is 116 cm³/mol. The molecule has 2 saturated heterocycles. The number of hydrogen-bond donors (Lipinski definition) is 0. The standard InChI is InChI=1S/C24H34N4O/c1-3-28-22(17-20(2)25-28)23(29)27-16-13-24(19-27)12-8-15-26(18-24)14-7-11-21-9-5-4-6-10-21/h4-6,9-10,17H,3,7-8,11-16,18-19H2,1-2H3/t24-/m1/s1. The second-order valence-electron chi connectivity index (χ2n) is 8.93. The van der Waals surface area contributed by atoms with Crippen molar-refractivity contribution in [3.8, 4) is 0 Å². The van der Waals surface area contributed by atoms with Crippen LogP contribution in [0.3, 0.4) is 0 Å². The molecule has 5 nitrogen and oxygen atoms in total. The summed E-state index contributed by atoms with van der Waals surface area (Å²) in [5.41, 5.74) is 3.39. The Morgan fingerprint density at radius 1 is 1.14 bits per heavy atom. The van der Waals surface area contributed by atoms with Crippen LogP contribution in [0.4, 0.5) is 0 Å². The number of carbonyl (C=O) groups is 1. The number of benzene rings is 1. The predicted octanol–water partition coefficient (Wildman–Crippen LogP) is 3.77. The number of aromatic nitrogens is 2. The smallest absolute Gasteiger partial charge is 0.272 e. The van der Waals surface area contributed by atoms with Crippen LogP contribution < -0.4 is 0 Å². The topological polar surface area (TPSA) is 41.4 Å². The van der Waals surface area contributed by atoms with Crippen LogP contribution in [0.5, 0.6) is 0 Å². The average Bonchev–Trinajstić information content (AvgIpc) is 3.32. The quantitative estimate of drug-likeness (QED) is 0.749. The molecule has 5 heteroatoms. The van der Waals surface area contributed by atoms with Gasteiger partial charge < -0.3 is 9.80 Å². The zero-order chi connectivity index (χ0) is 20.3. The van der Waals surface area contributed by atoms with Crippen LogP contribution in [0.15, 0.2) is 36.4 Å². The molecule has 1 aromatic carbocycles. The lowest BCUT2D eigenvalue weighted by Crippen LogP contribution is -2.45. The first-order chi connectivity index (χ1) is 14.1. The molecule has 2 aromatic rings. The van der Waals surface area contributed by atoms with Crippen molar-refractivity contribution < 1.29 is 4.79 Å². The van der Waals surface area contributed by atoms with Gasteiger partial charge in [0, 0.05) is 31.6 Å². The molecule has 2 fully saturated rings. The summed E-state index contributed by atoms with van der Waals surface area (Å²) in [6.45, 7) is 10.0. The number of rotatable bonds is 6. The van der Waals surface area contributed by atoms with Crippen molar-refractivity contribution >= 4 is 5.91 Å². The molecule has 1 atom stereocenters. The summed E-state index contributed by atoms with van der Waals surface area (Å²) >= 11 is 0. The Balaban J connectivity index is 1.33. The molecule has 29 heavy (non-hydrogen) atoms. The molecule has 0 saturated carbocycles. The van der Waals surface area contributed by atoms with Crippen molar-refractivity contribution in [1.29, 1.82) is 0 Å². The van der Waals surface area contributed by atoms with Gasteiger partial charge in [-0.05, 0) is 70.7 Å². The van der Waals surface area contributed by atoms with E-state index in [2.05, 4.69) is 45.2 Å². The van der Waals surface area contributed by atoms with Crippen molar-refractivity contribution in [3.63, 3.8) is 0 Å². The van der Waals surface area contributed by atoms with Crippen LogP contribution in [0.1, 0.15) is 54.4 Å². The number of aryl methyl sites for hydroxylation is 3. The van der Waals surface area contributed by atoms with Gasteiger partial charge in [0.1, 0.15) is 5.69 Å². The van der Waals surface area contributed by atoms with Gasteiger partial charge >= 0.3 is 0 Å². The largest absolute Gasteiger partial charge is 0.337 e. The zero-order valence-electron chi connectivity index (χ0n) is 17.9. The minimum Gasteiger partial charge on any atom is -0.337 e. The summed E-state index contributed by atoms with van der Waals surface area (Å²) in [6, 6.07) is 12.7. The second-order valence-corrected chi connectivity index (χ2v) is 8.93. The maximum Gasteiger partial charge on any atom is 0.272 e. The lowest BCUT2D eigenvalue weighted by Gasteiger charge is -2.40. The maximum absolute atomic E-state index is 13.1. The molecule has 1 aromatic heterocycles. The summed E-state index contributed by atoms with van der Waals surface area (Å²) in [5.74, 6) is 0.158. The highest BCUT2D eigenvalue weighted by molar-refractivity contribution is 5.93. The summed E-state index contributed by atoms with van der Waals surface area (Å²) in [7, 11) is 0. The minimum absolute atomic E-state index is 0.158. The van der Waals surface area contributed by atoms with Crippen LogP contribution in [-0.4, -0.2) is 58.2 Å². The van der Waals surface area contributed by atoms with Gasteiger partial charge in [0.2, 0.25) is 0 Å². The minimum atomic E-state index is 0.158. The molecule has 4 rings (SSSR count). The number of likely N-dealkylation sites (tertiary alicyclic amines) is 2. The highest BCUT2D eigenvalue weighted by atomic mass is 16.2. The third-order valence-electron chi connectivity index (χ3n) is 6.67. The second kappa shape index (κ2) is 8.70. The van der Waals surface area contributed by atoms with Gasteiger partial charge in [-0.1, -0.05) is 30.3 Å². The third-order valence-corrected chi connectivity index (χ3v) is 6.67. The lowest BCUT2D eigenvalue weighted by atomic mass is 9.79. The molecule has 3 heterocycles. The fourth-order valence-corrected chi connectivity index (χ4v) is 5.21. The molecule has 2 aliphatic heterocycles. The van der Waals surface area contributed by atoms with Gasteiger partial charge in [0.25, 0.3) is 5.91 Å². The summed E-state index contributed by atoms with van der Waals surface area (Å²) < 4.78 is 1.85. The van der Waals surface area contributed by atoms with Gasteiger partial charge in [-0.3, -0.25) is 9.48 Å². The number of nitrogens with zero attached hydrogens (tertiary/aromatic N) is 4. The van der Waals surface area contributed by atoms with Crippen molar-refractivity contribution in [2.45, 2.75) is 52.5 Å². The van der Waals surface area contributed by atoms with E-state index < -0.39 is 0 Å². The molecule has 0 bridgehead atoms. The van der Waals surface area contributed by atoms with Crippen LogP contribution in [0.2, 0.25) is 0 Å². The number of hydrogen-bond acceptors (Lipinski definition) is 3. The van der Waals surface area contributed by atoms with E-state index in [1.165, 1.54) is 31.4 Å². The number of piperidine rings is 1. The molecular weight excluding hydrogens is 360 g/mol. The summed E-state index contributed by atoms with van der Waals surface area (Å²) in [6.07, 6.45) is 5.98. The fourth-order valence-electron chi connectivity index (χ4n) is 5.21. The Bertz CT molecular complexity index is 831. The van der Waals surface area contributed by atoms with Crippen molar-refractivity contribution in [2.75, 3.05) is 32.7 Å². The molecular formula is C24H34N4O. The molecule has 0 unspecified atom stereocenters. The van der Waals surface area contributed by atoms with Crippen LogP contribution in [-0.2, 0) is 13.0 Å². The van der Waals surface area contributed by atoms with Crippen molar-refractivity contribution in [2.24, 2.45) is 5.41 Å². The molecule has 1 spiro atoms. The van der Waals surface area contributed by atoms with E-state index in [9.17, 15) is 4.79 Å². The Hall–Kier alpha value is -2.14. The van der Waals surface area contributed by atoms with E-state index in [0.717, 1.165) is 57.0 Å². The molecule has 156 valence electrons. The van der Waals surface area contributed by atoms with Crippen molar-refractivity contribution in [3.05, 3.63) is 53.3 Å². The first-order valence-corrected chi connectivity index (χ1v) is 11.2. The highest BCUT2D eigenvalue weighted by Crippen LogP contribution is 2.39. The van der Waals surface area contributed by atoms with Crippen molar-refractivity contribution in [1.82, 2.24) is 19.6 Å². The van der Waals surface area contributed by atoms with Crippen LogP contribution in [0, 0.1) is 12.3 Å². The SMILES string of the molecule is CCn1nc(C)cc1C(=O)N1CC[C@@]2(CCCN(CCCc3ccccc3)C2)C1. The molecule has 0 radical (unpaired) electrons. The summed E-state index contributed by atoms with van der Waals surface area (Å²) in [5, 5.41) is 4.46. The van der Waals surface area contributed by atoms with E-state index in [4.69, 9.17) is 0 Å². The molecule has 0 aliphatic carbocycles. The fraction of sp³-hybridized carbons (Fsp3) is 0.583. The van der Waals surface area contributed by atoms with E-state index in [1.54, 1.807) is 0 Å². The van der Waals surface area contributed by atoms with E-state index >= 15 is 0 Å². The highest BCUT2D eigenvalue weighted by Gasteiger charge is 2.43. The normalized spacial score (nSPS) is 22.5. The summed E-state index contributed by atoms with van der Waals surface area (Å²) in [4.78, 5) is 17.8. The van der Waals surface area contributed by atoms with Gasteiger partial charge in [0.05, 0.1) is 5.69 Å². The van der Waals surface area contributed by atoms with Gasteiger partial charge in [-0.25, -0.2) is 0 Å². The van der Waals surface area contributed by atoms with Crippen LogP contribution in [0.25, 0.3) is 0 Å². The molecule has 1 amide bonds. The lowest BCUT2D eigenvalue weighted by molar-refractivity contribution is 0.0678. The van der Waals surface area contributed by atoms with Crippen LogP contribution >= 0.6 is 0 Å². The Labute approximate surface area is 174 Å². The van der Waals surface area contributed by atoms with E-state index in [-0.39, 0.29) is 11.3 Å². The van der Waals surface area contributed by atoms with E-state index in [0.29, 0.717) is 0 Å². The Morgan fingerprint density at radius 3 is 2.76 bits per heavy atom.